The minimum absolute atomic E-state index is 0.189. The van der Waals surface area contributed by atoms with E-state index in [0.29, 0.717) is 11.5 Å². The molecule has 4 nitrogen and oxygen atoms in total. The fraction of sp³-hybridized carbons (Fsp3) is 0.211. The van der Waals surface area contributed by atoms with Crippen LogP contribution in [-0.4, -0.2) is 20.1 Å². The largest absolute Gasteiger partial charge is 0.497 e. The first-order valence-corrected chi connectivity index (χ1v) is 7.32. The van der Waals surface area contributed by atoms with Gasteiger partial charge in [-0.3, -0.25) is 4.79 Å². The van der Waals surface area contributed by atoms with Gasteiger partial charge in [0.15, 0.2) is 0 Å². The number of methoxy groups -OCH3 is 2. The first-order valence-electron chi connectivity index (χ1n) is 7.32. The van der Waals surface area contributed by atoms with Gasteiger partial charge in [-0.15, -0.1) is 0 Å². The highest BCUT2D eigenvalue weighted by Gasteiger charge is 2.04. The molecule has 0 saturated heterocycles. The molecule has 0 aliphatic carbocycles. The lowest BCUT2D eigenvalue weighted by Crippen LogP contribution is -2.08. The molecule has 0 atom stereocenters. The predicted octanol–water partition coefficient (Wildman–Crippen LogP) is 3.97. The highest BCUT2D eigenvalue weighted by molar-refractivity contribution is 6.02. The monoisotopic (exact) mass is 311 g/mol. The summed E-state index contributed by atoms with van der Waals surface area (Å²) in [5, 5.41) is 2.85. The Balaban J connectivity index is 2.10. The normalized spacial score (nSPS) is 10.6. The van der Waals surface area contributed by atoms with E-state index in [9.17, 15) is 4.79 Å². The van der Waals surface area contributed by atoms with E-state index in [1.165, 1.54) is 11.6 Å². The molecule has 2 aromatic carbocycles. The summed E-state index contributed by atoms with van der Waals surface area (Å²) in [6.45, 7) is 4.06. The summed E-state index contributed by atoms with van der Waals surface area (Å²) in [5.74, 6) is 1.17. The Kier molecular flexibility index (Phi) is 5.41. The quantitative estimate of drug-likeness (QED) is 0.850. The van der Waals surface area contributed by atoms with Crippen molar-refractivity contribution >= 4 is 17.7 Å². The molecular weight excluding hydrogens is 290 g/mol. The van der Waals surface area contributed by atoms with Gasteiger partial charge in [0.1, 0.15) is 11.5 Å². The lowest BCUT2D eigenvalue weighted by Gasteiger charge is -2.08. The van der Waals surface area contributed by atoms with Crippen molar-refractivity contribution < 1.29 is 14.3 Å². The van der Waals surface area contributed by atoms with Crippen LogP contribution in [0.1, 0.15) is 16.7 Å². The minimum atomic E-state index is -0.189. The summed E-state index contributed by atoms with van der Waals surface area (Å²) in [6, 6.07) is 11.3. The Hall–Kier alpha value is -2.75. The molecule has 2 aromatic rings. The Morgan fingerprint density at radius 1 is 1.00 bits per heavy atom. The van der Waals surface area contributed by atoms with E-state index in [-0.39, 0.29) is 5.91 Å². The molecule has 1 amide bonds. The molecule has 0 fully saturated rings. The summed E-state index contributed by atoms with van der Waals surface area (Å²) in [6.07, 6.45) is 3.20. The van der Waals surface area contributed by atoms with Gasteiger partial charge in [0.2, 0.25) is 5.91 Å². The number of ether oxygens (including phenoxy) is 2. The van der Waals surface area contributed by atoms with Gasteiger partial charge in [0.25, 0.3) is 0 Å². The Morgan fingerprint density at radius 3 is 2.43 bits per heavy atom. The molecule has 120 valence electrons. The van der Waals surface area contributed by atoms with Gasteiger partial charge in [0.05, 0.1) is 14.2 Å². The fourth-order valence-electron chi connectivity index (χ4n) is 2.12. The van der Waals surface area contributed by atoms with Crippen molar-refractivity contribution in [3.8, 4) is 11.5 Å². The number of nitrogens with one attached hydrogen (secondary N) is 1. The minimum Gasteiger partial charge on any atom is -0.497 e. The average molecular weight is 311 g/mol. The average Bonchev–Trinajstić information content (AvgIpc) is 2.56. The number of carbonyl (C=O) groups excluding carboxylic acids is 1. The number of hydrogen-bond acceptors (Lipinski definition) is 3. The predicted molar refractivity (Wildman–Crippen MR) is 93.1 cm³/mol. The van der Waals surface area contributed by atoms with Gasteiger partial charge < -0.3 is 14.8 Å². The molecule has 0 unspecified atom stereocenters. The van der Waals surface area contributed by atoms with Crippen molar-refractivity contribution in [2.24, 2.45) is 0 Å². The zero-order chi connectivity index (χ0) is 16.8. The Labute approximate surface area is 136 Å². The van der Waals surface area contributed by atoms with Crippen LogP contribution in [0.25, 0.3) is 6.08 Å². The first kappa shape index (κ1) is 16.6. The van der Waals surface area contributed by atoms with E-state index in [4.69, 9.17) is 9.47 Å². The molecule has 0 aliphatic rings. The molecule has 23 heavy (non-hydrogen) atoms. The van der Waals surface area contributed by atoms with E-state index < -0.39 is 0 Å². The van der Waals surface area contributed by atoms with E-state index in [0.717, 1.165) is 16.8 Å². The van der Waals surface area contributed by atoms with Crippen LogP contribution in [0, 0.1) is 13.8 Å². The van der Waals surface area contributed by atoms with Crippen molar-refractivity contribution in [1.29, 1.82) is 0 Å². The van der Waals surface area contributed by atoms with Crippen LogP contribution in [0.2, 0.25) is 0 Å². The lowest BCUT2D eigenvalue weighted by atomic mass is 10.1. The van der Waals surface area contributed by atoms with Crippen LogP contribution in [0.4, 0.5) is 5.69 Å². The molecule has 0 aliphatic heterocycles. The summed E-state index contributed by atoms with van der Waals surface area (Å²) in [5.41, 5.74) is 3.93. The van der Waals surface area contributed by atoms with Gasteiger partial charge in [-0.1, -0.05) is 6.07 Å². The Bertz CT molecular complexity index is 735. The molecular formula is C19H21NO3. The van der Waals surface area contributed by atoms with Gasteiger partial charge in [-0.25, -0.2) is 0 Å². The second-order valence-electron chi connectivity index (χ2n) is 5.23. The molecule has 2 rings (SSSR count). The lowest BCUT2D eigenvalue weighted by molar-refractivity contribution is -0.111. The zero-order valence-electron chi connectivity index (χ0n) is 13.8. The van der Waals surface area contributed by atoms with Crippen molar-refractivity contribution in [3.05, 3.63) is 59.2 Å². The fourth-order valence-corrected chi connectivity index (χ4v) is 2.12. The van der Waals surface area contributed by atoms with Crippen molar-refractivity contribution in [3.63, 3.8) is 0 Å². The van der Waals surface area contributed by atoms with Gasteiger partial charge in [-0.2, -0.15) is 0 Å². The third-order valence-electron chi connectivity index (χ3n) is 3.63. The van der Waals surface area contributed by atoms with Crippen LogP contribution in [0.5, 0.6) is 11.5 Å². The molecule has 0 bridgehead atoms. The highest BCUT2D eigenvalue weighted by atomic mass is 16.5. The molecule has 0 saturated carbocycles. The van der Waals surface area contributed by atoms with Crippen molar-refractivity contribution in [2.45, 2.75) is 13.8 Å². The number of carbonyl (C=O) groups is 1. The highest BCUT2D eigenvalue weighted by Crippen LogP contribution is 2.25. The Morgan fingerprint density at radius 2 is 1.78 bits per heavy atom. The number of amides is 1. The SMILES string of the molecule is COc1ccc(C=CC(=O)Nc2ccc(C)c(C)c2)c(OC)c1. The molecule has 1 N–H and O–H groups in total. The smallest absolute Gasteiger partial charge is 0.248 e. The molecule has 0 aromatic heterocycles. The number of rotatable bonds is 5. The topological polar surface area (TPSA) is 47.6 Å². The third kappa shape index (κ3) is 4.36. The summed E-state index contributed by atoms with van der Waals surface area (Å²) >= 11 is 0. The van der Waals surface area contributed by atoms with Crippen molar-refractivity contribution in [1.82, 2.24) is 0 Å². The summed E-state index contributed by atoms with van der Waals surface area (Å²) < 4.78 is 10.5. The standard InChI is InChI=1S/C19H21NO3/c1-13-5-8-16(11-14(13)2)20-19(21)10-7-15-6-9-17(22-3)12-18(15)23-4/h5-12H,1-4H3,(H,20,21). The maximum atomic E-state index is 12.0. The van der Waals surface area contributed by atoms with Crippen LogP contribution in [0.3, 0.4) is 0 Å². The summed E-state index contributed by atoms with van der Waals surface area (Å²) in [7, 11) is 3.18. The van der Waals surface area contributed by atoms with Crippen LogP contribution < -0.4 is 14.8 Å². The van der Waals surface area contributed by atoms with E-state index >= 15 is 0 Å². The maximum absolute atomic E-state index is 12.0. The number of benzene rings is 2. The second-order valence-corrected chi connectivity index (χ2v) is 5.23. The maximum Gasteiger partial charge on any atom is 0.248 e. The van der Waals surface area contributed by atoms with Gasteiger partial charge >= 0.3 is 0 Å². The van der Waals surface area contributed by atoms with Crippen molar-refractivity contribution in [2.75, 3.05) is 19.5 Å². The van der Waals surface area contributed by atoms with Gasteiger partial charge in [0, 0.05) is 23.4 Å². The zero-order valence-corrected chi connectivity index (χ0v) is 13.8. The van der Waals surface area contributed by atoms with E-state index in [2.05, 4.69) is 5.32 Å². The van der Waals surface area contributed by atoms with Gasteiger partial charge in [-0.05, 0) is 55.3 Å². The molecule has 0 radical (unpaired) electrons. The van der Waals surface area contributed by atoms with Crippen LogP contribution in [-0.2, 0) is 4.79 Å². The molecule has 4 heteroatoms. The first-order chi connectivity index (χ1) is 11.0. The number of aryl methyl sites for hydroxylation is 2. The third-order valence-corrected chi connectivity index (χ3v) is 3.63. The number of anilines is 1. The molecule has 0 spiro atoms. The van der Waals surface area contributed by atoms with E-state index in [1.807, 2.05) is 44.2 Å². The second kappa shape index (κ2) is 7.49. The molecule has 0 heterocycles. The van der Waals surface area contributed by atoms with Crippen LogP contribution in [0.15, 0.2) is 42.5 Å². The van der Waals surface area contributed by atoms with Crippen LogP contribution >= 0.6 is 0 Å². The number of hydrogen-bond donors (Lipinski definition) is 1. The van der Waals surface area contributed by atoms with E-state index in [1.54, 1.807) is 26.4 Å². The summed E-state index contributed by atoms with van der Waals surface area (Å²) in [4.78, 5) is 12.0.